The van der Waals surface area contributed by atoms with Crippen molar-refractivity contribution in [1.29, 1.82) is 0 Å². The molecule has 0 saturated carbocycles. The highest BCUT2D eigenvalue weighted by Crippen LogP contribution is 2.11. The molecule has 1 unspecified atom stereocenters. The third-order valence-corrected chi connectivity index (χ3v) is 5.77. The van der Waals surface area contributed by atoms with Gasteiger partial charge in [0.1, 0.15) is 0 Å². The van der Waals surface area contributed by atoms with E-state index in [1.165, 1.54) is 18.0 Å². The third-order valence-electron chi connectivity index (χ3n) is 3.05. The molecule has 0 aliphatic rings. The van der Waals surface area contributed by atoms with Crippen molar-refractivity contribution in [2.24, 2.45) is 0 Å². The van der Waals surface area contributed by atoms with E-state index in [4.69, 9.17) is 4.43 Å². The minimum absolute atomic E-state index is 0.306. The summed E-state index contributed by atoms with van der Waals surface area (Å²) in [6.45, 7) is 8.92. The van der Waals surface area contributed by atoms with Crippen molar-refractivity contribution < 1.29 is 4.43 Å². The molecule has 0 amide bonds. The molecule has 1 rings (SSSR count). The fraction of sp³-hybridized carbons (Fsp3) is 0.500. The smallest absolute Gasteiger partial charge is 0.218 e. The topological polar surface area (TPSA) is 9.23 Å². The lowest BCUT2D eigenvalue weighted by atomic mass is 10.2. The Kier molecular flexibility index (Phi) is 6.37. The average Bonchev–Trinajstić information content (AvgIpc) is 2.35. The number of hydrogen-bond donors (Lipinski definition) is 0. The summed E-state index contributed by atoms with van der Waals surface area (Å²) in [5, 5.41) is 1.37. The van der Waals surface area contributed by atoms with Crippen LogP contribution in [0.1, 0.15) is 33.1 Å². The zero-order chi connectivity index (χ0) is 13.4. The van der Waals surface area contributed by atoms with Crippen LogP contribution in [0.25, 0.3) is 0 Å². The molecule has 0 aromatic heterocycles. The van der Waals surface area contributed by atoms with E-state index >= 15 is 0 Å². The quantitative estimate of drug-likeness (QED) is 0.527. The Labute approximate surface area is 113 Å². The van der Waals surface area contributed by atoms with Gasteiger partial charge in [-0.15, -0.1) is 0 Å². The van der Waals surface area contributed by atoms with Gasteiger partial charge >= 0.3 is 0 Å². The van der Waals surface area contributed by atoms with Crippen LogP contribution in [-0.4, -0.2) is 14.4 Å². The van der Waals surface area contributed by atoms with Crippen LogP contribution in [0.2, 0.25) is 13.1 Å². The van der Waals surface area contributed by atoms with E-state index in [-0.39, 0.29) is 0 Å². The first-order valence-corrected chi connectivity index (χ1v) is 9.85. The fourth-order valence-corrected chi connectivity index (χ4v) is 4.26. The zero-order valence-corrected chi connectivity index (χ0v) is 13.1. The first-order valence-electron chi connectivity index (χ1n) is 6.94. The summed E-state index contributed by atoms with van der Waals surface area (Å²) in [7, 11) is -1.74. The number of allylic oxidation sites excluding steroid dienone is 1. The normalized spacial score (nSPS) is 14.0. The van der Waals surface area contributed by atoms with Gasteiger partial charge in [-0.1, -0.05) is 55.8 Å². The van der Waals surface area contributed by atoms with E-state index in [1.54, 1.807) is 0 Å². The van der Waals surface area contributed by atoms with Crippen molar-refractivity contribution in [3.63, 3.8) is 0 Å². The molecular formula is C16H26OSi. The molecule has 1 aromatic rings. The molecule has 0 aliphatic carbocycles. The predicted octanol–water partition coefficient (Wildman–Crippen LogP) is 4.25. The van der Waals surface area contributed by atoms with Crippen LogP contribution in [0.15, 0.2) is 42.5 Å². The lowest BCUT2D eigenvalue weighted by Crippen LogP contribution is -2.46. The van der Waals surface area contributed by atoms with Crippen LogP contribution in [-0.2, 0) is 4.43 Å². The van der Waals surface area contributed by atoms with Gasteiger partial charge in [0, 0.05) is 6.10 Å². The molecule has 0 saturated heterocycles. The minimum Gasteiger partial charge on any atom is -0.410 e. The Morgan fingerprint density at radius 2 is 1.83 bits per heavy atom. The van der Waals surface area contributed by atoms with Crippen molar-refractivity contribution in [2.75, 3.05) is 0 Å². The molecule has 0 heterocycles. The monoisotopic (exact) mass is 262 g/mol. The summed E-state index contributed by atoms with van der Waals surface area (Å²) in [5.41, 5.74) is 0. The van der Waals surface area contributed by atoms with Crippen molar-refractivity contribution in [2.45, 2.75) is 52.3 Å². The number of rotatable bonds is 7. The molecule has 18 heavy (non-hydrogen) atoms. The van der Waals surface area contributed by atoms with Gasteiger partial charge < -0.3 is 4.43 Å². The highest BCUT2D eigenvalue weighted by Gasteiger charge is 2.26. The molecule has 100 valence electrons. The minimum atomic E-state index is -1.74. The van der Waals surface area contributed by atoms with Crippen LogP contribution in [0, 0.1) is 0 Å². The van der Waals surface area contributed by atoms with Crippen molar-refractivity contribution in [3.8, 4) is 0 Å². The van der Waals surface area contributed by atoms with Crippen molar-refractivity contribution in [3.05, 3.63) is 42.5 Å². The molecule has 1 nitrogen and oxygen atoms in total. The molecule has 1 atom stereocenters. The second-order valence-corrected chi connectivity index (χ2v) is 9.13. The summed E-state index contributed by atoms with van der Waals surface area (Å²) in [6.07, 6.45) is 8.23. The molecule has 0 radical (unpaired) electrons. The van der Waals surface area contributed by atoms with Crippen LogP contribution >= 0.6 is 0 Å². The van der Waals surface area contributed by atoms with Crippen molar-refractivity contribution in [1.82, 2.24) is 0 Å². The molecule has 0 bridgehead atoms. The van der Waals surface area contributed by atoms with Gasteiger partial charge in [-0.2, -0.15) is 0 Å². The summed E-state index contributed by atoms with van der Waals surface area (Å²) in [5.74, 6) is 0. The Balaban J connectivity index is 2.50. The largest absolute Gasteiger partial charge is 0.410 e. The SMILES string of the molecule is CCC/C=C\CC(C)O[Si](C)(C)c1ccccc1. The molecular weight excluding hydrogens is 236 g/mol. The lowest BCUT2D eigenvalue weighted by molar-refractivity contribution is 0.221. The Hall–Kier alpha value is -0.863. The first-order chi connectivity index (χ1) is 8.56. The molecule has 2 heteroatoms. The van der Waals surface area contributed by atoms with Crippen molar-refractivity contribution >= 4 is 13.5 Å². The van der Waals surface area contributed by atoms with E-state index in [0.29, 0.717) is 6.10 Å². The highest BCUT2D eigenvalue weighted by molar-refractivity contribution is 6.84. The van der Waals surface area contributed by atoms with E-state index in [0.717, 1.165) is 6.42 Å². The van der Waals surface area contributed by atoms with Crippen LogP contribution in [0.3, 0.4) is 0 Å². The lowest BCUT2D eigenvalue weighted by Gasteiger charge is -2.27. The summed E-state index contributed by atoms with van der Waals surface area (Å²) >= 11 is 0. The van der Waals surface area contributed by atoms with Crippen LogP contribution < -0.4 is 5.19 Å². The number of benzene rings is 1. The van der Waals surface area contributed by atoms with E-state index in [9.17, 15) is 0 Å². The standard InChI is InChI=1S/C16H26OSi/c1-5-6-7-9-12-15(2)17-18(3,4)16-13-10-8-11-14-16/h7-11,13-15H,5-6,12H2,1-4H3/b9-7-. The maximum atomic E-state index is 6.29. The molecule has 0 spiro atoms. The van der Waals surface area contributed by atoms with Crippen LogP contribution in [0.4, 0.5) is 0 Å². The van der Waals surface area contributed by atoms with Gasteiger partial charge in [0.2, 0.25) is 8.32 Å². The Bertz CT molecular complexity index is 357. The van der Waals surface area contributed by atoms with Gasteiger partial charge in [-0.3, -0.25) is 0 Å². The maximum Gasteiger partial charge on any atom is 0.218 e. The summed E-state index contributed by atoms with van der Waals surface area (Å²) in [6, 6.07) is 10.6. The van der Waals surface area contributed by atoms with Gasteiger partial charge in [0.05, 0.1) is 0 Å². The molecule has 0 fully saturated rings. The Morgan fingerprint density at radius 1 is 1.17 bits per heavy atom. The van der Waals surface area contributed by atoms with E-state index < -0.39 is 8.32 Å². The zero-order valence-electron chi connectivity index (χ0n) is 12.1. The maximum absolute atomic E-state index is 6.29. The highest BCUT2D eigenvalue weighted by atomic mass is 28.4. The second kappa shape index (κ2) is 7.55. The second-order valence-electron chi connectivity index (χ2n) is 5.30. The predicted molar refractivity (Wildman–Crippen MR) is 82.8 cm³/mol. The van der Waals surface area contributed by atoms with Gasteiger partial charge in [0.25, 0.3) is 0 Å². The summed E-state index contributed by atoms with van der Waals surface area (Å²) < 4.78 is 6.29. The van der Waals surface area contributed by atoms with Gasteiger partial charge in [0.15, 0.2) is 0 Å². The average molecular weight is 262 g/mol. The first kappa shape index (κ1) is 15.2. The third kappa shape index (κ3) is 5.19. The molecule has 0 N–H and O–H groups in total. The van der Waals surface area contributed by atoms with Crippen LogP contribution in [0.5, 0.6) is 0 Å². The summed E-state index contributed by atoms with van der Waals surface area (Å²) in [4.78, 5) is 0. The Morgan fingerprint density at radius 3 is 2.44 bits per heavy atom. The molecule has 1 aromatic carbocycles. The van der Waals surface area contributed by atoms with E-state index in [1.807, 2.05) is 0 Å². The number of unbranched alkanes of at least 4 members (excludes halogenated alkanes) is 1. The fourth-order valence-electron chi connectivity index (χ4n) is 2.03. The van der Waals surface area contributed by atoms with E-state index in [2.05, 4.69) is 69.4 Å². The van der Waals surface area contributed by atoms with Gasteiger partial charge in [-0.05, 0) is 38.0 Å². The molecule has 0 aliphatic heterocycles. The number of hydrogen-bond acceptors (Lipinski definition) is 1. The van der Waals surface area contributed by atoms with Gasteiger partial charge in [-0.25, -0.2) is 0 Å².